The van der Waals surface area contributed by atoms with Gasteiger partial charge in [-0.05, 0) is 38.4 Å². The maximum absolute atomic E-state index is 12.9. The predicted molar refractivity (Wildman–Crippen MR) is 74.1 cm³/mol. The van der Waals surface area contributed by atoms with E-state index in [1.54, 1.807) is 0 Å². The summed E-state index contributed by atoms with van der Waals surface area (Å²) in [5.41, 5.74) is -2.81. The minimum atomic E-state index is -4.75. The van der Waals surface area contributed by atoms with E-state index in [0.717, 1.165) is 12.3 Å². The average Bonchev–Trinajstić information content (AvgIpc) is 2.47. The molecule has 1 saturated heterocycles. The molecule has 1 aliphatic heterocycles. The number of halogens is 4. The van der Waals surface area contributed by atoms with Crippen LogP contribution in [0.25, 0.3) is 0 Å². The molecule has 2 heterocycles. The zero-order valence-corrected chi connectivity index (χ0v) is 12.4. The van der Waals surface area contributed by atoms with Crippen LogP contribution < -0.4 is 5.32 Å². The maximum Gasteiger partial charge on any atom is 0.418 e. The summed E-state index contributed by atoms with van der Waals surface area (Å²) in [4.78, 5) is 17.0. The first-order valence-corrected chi connectivity index (χ1v) is 7.08. The van der Waals surface area contributed by atoms with Crippen LogP contribution in [0.2, 0.25) is 0 Å². The highest BCUT2D eigenvalue weighted by atomic mass is 19.4. The summed E-state index contributed by atoms with van der Waals surface area (Å²) in [6, 6.07) is 1.47. The normalized spacial score (nSPS) is 24.3. The fourth-order valence-corrected chi connectivity index (χ4v) is 2.48. The number of β-amino-alcohol motifs (C(OH)–C–C–N with tert-alkyl or cyclic N) is 1. The van der Waals surface area contributed by atoms with Gasteiger partial charge in [-0.25, -0.2) is 9.37 Å². The van der Waals surface area contributed by atoms with E-state index in [9.17, 15) is 27.5 Å². The molecule has 0 aliphatic carbocycles. The molecule has 2 N–H and O–H groups in total. The summed E-state index contributed by atoms with van der Waals surface area (Å²) in [5.74, 6) is -1.04. The van der Waals surface area contributed by atoms with Gasteiger partial charge in [-0.3, -0.25) is 9.69 Å². The Hall–Kier alpha value is -1.74. The molecule has 1 aromatic heterocycles. The summed E-state index contributed by atoms with van der Waals surface area (Å²) < 4.78 is 51.5. The number of aliphatic hydroxyl groups is 1. The van der Waals surface area contributed by atoms with Crippen LogP contribution in [0.1, 0.15) is 19.8 Å². The SMILES string of the molecule is C[C@@H](C(=O)Nc1ccc(F)cn1)N1CCC[C@](O)(C(F)(F)F)C1. The largest absolute Gasteiger partial charge is 0.418 e. The number of likely N-dealkylation sites (tertiary alicyclic amines) is 1. The molecule has 5 nitrogen and oxygen atoms in total. The van der Waals surface area contributed by atoms with Crippen molar-refractivity contribution in [3.05, 3.63) is 24.1 Å². The standard InChI is InChI=1S/C14H17F4N3O2/c1-9(12(22)20-11-4-3-10(15)7-19-11)21-6-2-5-13(23,8-21)14(16,17)18/h3-4,7,9,23H,2,5-6,8H2,1H3,(H,19,20,22)/t9-,13+/m0/s1. The Balaban J connectivity index is 2.03. The van der Waals surface area contributed by atoms with Gasteiger partial charge < -0.3 is 10.4 Å². The number of hydrogen-bond donors (Lipinski definition) is 2. The fraction of sp³-hybridized carbons (Fsp3) is 0.571. The zero-order valence-electron chi connectivity index (χ0n) is 12.4. The second-order valence-corrected chi connectivity index (χ2v) is 5.63. The first kappa shape index (κ1) is 17.6. The van der Waals surface area contributed by atoms with E-state index in [0.29, 0.717) is 0 Å². The number of rotatable bonds is 3. The lowest BCUT2D eigenvalue weighted by Crippen LogP contribution is -2.60. The molecule has 2 atom stereocenters. The fourth-order valence-electron chi connectivity index (χ4n) is 2.48. The summed E-state index contributed by atoms with van der Waals surface area (Å²) >= 11 is 0. The number of aromatic nitrogens is 1. The number of piperidine rings is 1. The second kappa shape index (κ2) is 6.40. The van der Waals surface area contributed by atoms with E-state index >= 15 is 0 Å². The Kier molecular flexibility index (Phi) is 4.90. The van der Waals surface area contributed by atoms with Crippen LogP contribution in [-0.4, -0.2) is 51.8 Å². The summed E-state index contributed by atoms with van der Waals surface area (Å²) in [5, 5.41) is 12.2. The molecule has 1 aromatic rings. The molecular formula is C14H17F4N3O2. The lowest BCUT2D eigenvalue weighted by molar-refractivity contribution is -0.275. The van der Waals surface area contributed by atoms with Crippen LogP contribution >= 0.6 is 0 Å². The van der Waals surface area contributed by atoms with Crippen LogP contribution in [0, 0.1) is 5.82 Å². The number of carbonyl (C=O) groups is 1. The van der Waals surface area contributed by atoms with Crippen molar-refractivity contribution >= 4 is 11.7 Å². The average molecular weight is 335 g/mol. The molecule has 0 aromatic carbocycles. The van der Waals surface area contributed by atoms with Gasteiger partial charge in [-0.1, -0.05) is 0 Å². The summed E-state index contributed by atoms with van der Waals surface area (Å²) in [7, 11) is 0. The molecule has 1 amide bonds. The Labute approximate surface area is 130 Å². The Bertz CT molecular complexity index is 564. The number of hydrogen-bond acceptors (Lipinski definition) is 4. The van der Waals surface area contributed by atoms with Gasteiger partial charge in [0, 0.05) is 6.54 Å². The predicted octanol–water partition coefficient (Wildman–Crippen LogP) is 1.94. The van der Waals surface area contributed by atoms with Crippen molar-refractivity contribution in [3.8, 4) is 0 Å². The van der Waals surface area contributed by atoms with E-state index in [4.69, 9.17) is 0 Å². The Morgan fingerprint density at radius 1 is 1.48 bits per heavy atom. The lowest BCUT2D eigenvalue weighted by Gasteiger charge is -2.42. The minimum Gasteiger partial charge on any atom is -0.379 e. The number of nitrogens with zero attached hydrogens (tertiary/aromatic N) is 2. The quantitative estimate of drug-likeness (QED) is 0.829. The lowest BCUT2D eigenvalue weighted by atomic mass is 9.91. The molecule has 0 radical (unpaired) electrons. The van der Waals surface area contributed by atoms with Gasteiger partial charge in [0.1, 0.15) is 11.6 Å². The van der Waals surface area contributed by atoms with Gasteiger partial charge in [0.25, 0.3) is 0 Å². The third-order valence-electron chi connectivity index (χ3n) is 3.93. The van der Waals surface area contributed by atoms with Gasteiger partial charge in [-0.15, -0.1) is 0 Å². The number of nitrogens with one attached hydrogen (secondary N) is 1. The number of pyridine rings is 1. The van der Waals surface area contributed by atoms with Crippen molar-refractivity contribution in [1.82, 2.24) is 9.88 Å². The minimum absolute atomic E-state index is 0.103. The Morgan fingerprint density at radius 3 is 2.74 bits per heavy atom. The number of amides is 1. The third kappa shape index (κ3) is 3.97. The first-order chi connectivity index (χ1) is 10.6. The molecule has 1 fully saturated rings. The third-order valence-corrected chi connectivity index (χ3v) is 3.93. The van der Waals surface area contributed by atoms with Gasteiger partial charge in [0.15, 0.2) is 5.60 Å². The summed E-state index contributed by atoms with van der Waals surface area (Å²) in [6.07, 6.45) is -4.09. The van der Waals surface area contributed by atoms with Gasteiger partial charge in [0.2, 0.25) is 5.91 Å². The van der Waals surface area contributed by atoms with E-state index in [1.807, 2.05) is 0 Å². The van der Waals surface area contributed by atoms with E-state index in [2.05, 4.69) is 10.3 Å². The van der Waals surface area contributed by atoms with Gasteiger partial charge in [0.05, 0.1) is 12.2 Å². The molecule has 2 rings (SSSR count). The molecular weight excluding hydrogens is 318 g/mol. The van der Waals surface area contributed by atoms with E-state index in [-0.39, 0.29) is 25.2 Å². The molecule has 1 aliphatic rings. The molecule has 0 unspecified atom stereocenters. The molecule has 0 saturated carbocycles. The van der Waals surface area contributed by atoms with Crippen molar-refractivity contribution < 1.29 is 27.5 Å². The molecule has 9 heteroatoms. The highest BCUT2D eigenvalue weighted by molar-refractivity contribution is 5.93. The van der Waals surface area contributed by atoms with Crippen LogP contribution in [0.5, 0.6) is 0 Å². The zero-order chi connectivity index (χ0) is 17.3. The van der Waals surface area contributed by atoms with Crippen molar-refractivity contribution in [2.24, 2.45) is 0 Å². The van der Waals surface area contributed by atoms with Crippen LogP contribution in [-0.2, 0) is 4.79 Å². The topological polar surface area (TPSA) is 65.5 Å². The number of anilines is 1. The second-order valence-electron chi connectivity index (χ2n) is 5.63. The van der Waals surface area contributed by atoms with Gasteiger partial charge in [-0.2, -0.15) is 13.2 Å². The summed E-state index contributed by atoms with van der Waals surface area (Å²) in [6.45, 7) is 1.05. The highest BCUT2D eigenvalue weighted by Crippen LogP contribution is 2.37. The van der Waals surface area contributed by atoms with Crippen molar-refractivity contribution in [1.29, 1.82) is 0 Å². The van der Waals surface area contributed by atoms with Crippen molar-refractivity contribution in [2.45, 2.75) is 37.6 Å². The number of carbonyl (C=O) groups excluding carboxylic acids is 1. The van der Waals surface area contributed by atoms with E-state index in [1.165, 1.54) is 17.9 Å². The maximum atomic E-state index is 12.9. The molecule has 0 bridgehead atoms. The molecule has 0 spiro atoms. The van der Waals surface area contributed by atoms with Crippen LogP contribution in [0.4, 0.5) is 23.4 Å². The van der Waals surface area contributed by atoms with Gasteiger partial charge >= 0.3 is 6.18 Å². The molecule has 23 heavy (non-hydrogen) atoms. The first-order valence-electron chi connectivity index (χ1n) is 7.08. The highest BCUT2D eigenvalue weighted by Gasteiger charge is 2.55. The van der Waals surface area contributed by atoms with Crippen molar-refractivity contribution in [2.75, 3.05) is 18.4 Å². The van der Waals surface area contributed by atoms with E-state index < -0.39 is 36.1 Å². The molecule has 128 valence electrons. The van der Waals surface area contributed by atoms with Crippen LogP contribution in [0.3, 0.4) is 0 Å². The smallest absolute Gasteiger partial charge is 0.379 e. The van der Waals surface area contributed by atoms with Crippen LogP contribution in [0.15, 0.2) is 18.3 Å². The van der Waals surface area contributed by atoms with Crippen molar-refractivity contribution in [3.63, 3.8) is 0 Å². The Morgan fingerprint density at radius 2 is 2.17 bits per heavy atom. The monoisotopic (exact) mass is 335 g/mol. The number of alkyl halides is 3.